The molecule has 2 atom stereocenters. The summed E-state index contributed by atoms with van der Waals surface area (Å²) >= 11 is 1.59. The molecule has 182 valence electrons. The molecule has 0 unspecified atom stereocenters. The van der Waals surface area contributed by atoms with Gasteiger partial charge in [-0.2, -0.15) is 0 Å². The molecule has 1 heterocycles. The van der Waals surface area contributed by atoms with Crippen molar-refractivity contribution >= 4 is 29.4 Å². The molecule has 1 saturated heterocycles. The number of carbonyl (C=O) groups is 2. The predicted molar refractivity (Wildman–Crippen MR) is 139 cm³/mol. The summed E-state index contributed by atoms with van der Waals surface area (Å²) in [5.74, 6) is 1.61. The fraction of sp³-hybridized carbons (Fsp3) is 0.259. The van der Waals surface area contributed by atoms with Gasteiger partial charge < -0.3 is 20.1 Å². The minimum absolute atomic E-state index is 0.195. The Morgan fingerprint density at radius 1 is 0.971 bits per heavy atom. The number of nitrogens with one attached hydrogen (secondary N) is 2. The average molecular weight is 492 g/mol. The molecule has 0 spiro atoms. The SMILES string of the molecule is COc1ccc(CNC(=O)[C@H]2CS[C@@H](c3ccccc3C)N2C(=O)Nc2ccccc2OC)cc1. The lowest BCUT2D eigenvalue weighted by Crippen LogP contribution is -2.49. The lowest BCUT2D eigenvalue weighted by atomic mass is 10.1. The summed E-state index contributed by atoms with van der Waals surface area (Å²) in [4.78, 5) is 28.5. The van der Waals surface area contributed by atoms with Crippen LogP contribution in [0.25, 0.3) is 0 Å². The quantitative estimate of drug-likeness (QED) is 0.488. The standard InChI is InChI=1S/C27H29N3O4S/c1-18-8-4-5-9-21(18)26-30(27(32)29-22-10-6-7-11-24(22)34-3)23(17-35-26)25(31)28-16-19-12-14-20(33-2)15-13-19/h4-15,23,26H,16-17H2,1-3H3,(H,28,31)(H,29,32)/t23-,26+/m1/s1. The third kappa shape index (κ3) is 5.54. The smallest absolute Gasteiger partial charge is 0.323 e. The van der Waals surface area contributed by atoms with Crippen LogP contribution in [0.2, 0.25) is 0 Å². The maximum Gasteiger partial charge on any atom is 0.323 e. The lowest BCUT2D eigenvalue weighted by molar-refractivity contribution is -0.124. The third-order valence-corrected chi connectivity index (χ3v) is 7.27. The van der Waals surface area contributed by atoms with Gasteiger partial charge in [0, 0.05) is 12.3 Å². The molecule has 0 aromatic heterocycles. The highest BCUT2D eigenvalue weighted by molar-refractivity contribution is 7.99. The van der Waals surface area contributed by atoms with Crippen molar-refractivity contribution in [1.82, 2.24) is 10.2 Å². The first-order valence-corrected chi connectivity index (χ1v) is 12.4. The van der Waals surface area contributed by atoms with E-state index in [4.69, 9.17) is 9.47 Å². The lowest BCUT2D eigenvalue weighted by Gasteiger charge is -2.30. The average Bonchev–Trinajstić information content (AvgIpc) is 3.33. The number of urea groups is 1. The van der Waals surface area contributed by atoms with E-state index >= 15 is 0 Å². The van der Waals surface area contributed by atoms with Gasteiger partial charge in [-0.15, -0.1) is 11.8 Å². The number of ether oxygens (including phenoxy) is 2. The monoisotopic (exact) mass is 491 g/mol. The second kappa shape index (κ2) is 11.2. The van der Waals surface area contributed by atoms with E-state index in [9.17, 15) is 9.59 Å². The van der Waals surface area contributed by atoms with Crippen LogP contribution in [0, 0.1) is 6.92 Å². The Kier molecular flexibility index (Phi) is 7.82. The minimum Gasteiger partial charge on any atom is -0.497 e. The highest BCUT2D eigenvalue weighted by Crippen LogP contribution is 2.43. The molecule has 4 rings (SSSR count). The molecule has 3 amide bonds. The molecular formula is C27H29N3O4S. The number of amides is 3. The summed E-state index contributed by atoms with van der Waals surface area (Å²) in [6.45, 7) is 2.38. The van der Waals surface area contributed by atoms with Crippen LogP contribution in [0.15, 0.2) is 72.8 Å². The Morgan fingerprint density at radius 2 is 1.69 bits per heavy atom. The van der Waals surface area contributed by atoms with Gasteiger partial charge in [0.2, 0.25) is 5.91 Å². The van der Waals surface area contributed by atoms with Crippen LogP contribution in [0.4, 0.5) is 10.5 Å². The summed E-state index contributed by atoms with van der Waals surface area (Å²) in [5, 5.41) is 5.66. The molecular weight excluding hydrogens is 462 g/mol. The molecule has 1 aliphatic heterocycles. The first kappa shape index (κ1) is 24.5. The van der Waals surface area contributed by atoms with E-state index in [0.29, 0.717) is 23.7 Å². The zero-order valence-corrected chi connectivity index (χ0v) is 20.8. The zero-order chi connectivity index (χ0) is 24.8. The number of nitrogens with zero attached hydrogens (tertiary/aromatic N) is 1. The van der Waals surface area contributed by atoms with Gasteiger partial charge in [-0.1, -0.05) is 48.5 Å². The number of hydrogen-bond donors (Lipinski definition) is 2. The Bertz CT molecular complexity index is 1190. The van der Waals surface area contributed by atoms with Gasteiger partial charge in [0.05, 0.1) is 19.9 Å². The summed E-state index contributed by atoms with van der Waals surface area (Å²) in [6.07, 6.45) is 0. The van der Waals surface area contributed by atoms with E-state index in [1.807, 2.05) is 67.6 Å². The molecule has 0 aliphatic carbocycles. The Hall–Kier alpha value is -3.65. The van der Waals surface area contributed by atoms with E-state index in [1.54, 1.807) is 43.0 Å². The van der Waals surface area contributed by atoms with E-state index in [1.165, 1.54) is 0 Å². The fourth-order valence-corrected chi connectivity index (χ4v) is 5.56. The number of rotatable bonds is 7. The van der Waals surface area contributed by atoms with Gasteiger partial charge in [0.15, 0.2) is 0 Å². The van der Waals surface area contributed by atoms with Crippen molar-refractivity contribution in [3.8, 4) is 11.5 Å². The topological polar surface area (TPSA) is 79.9 Å². The van der Waals surface area contributed by atoms with Crippen molar-refractivity contribution in [2.24, 2.45) is 0 Å². The summed E-state index contributed by atoms with van der Waals surface area (Å²) < 4.78 is 10.6. The summed E-state index contributed by atoms with van der Waals surface area (Å²) in [7, 11) is 3.17. The van der Waals surface area contributed by atoms with Crippen LogP contribution >= 0.6 is 11.8 Å². The highest BCUT2D eigenvalue weighted by Gasteiger charge is 2.43. The van der Waals surface area contributed by atoms with E-state index in [0.717, 1.165) is 22.4 Å². The number of benzene rings is 3. The summed E-state index contributed by atoms with van der Waals surface area (Å²) in [5.41, 5.74) is 3.58. The molecule has 8 heteroatoms. The van der Waals surface area contributed by atoms with Crippen molar-refractivity contribution in [2.75, 3.05) is 25.3 Å². The van der Waals surface area contributed by atoms with Crippen molar-refractivity contribution in [1.29, 1.82) is 0 Å². The molecule has 0 bridgehead atoms. The van der Waals surface area contributed by atoms with Crippen molar-refractivity contribution in [3.05, 3.63) is 89.5 Å². The van der Waals surface area contributed by atoms with Gasteiger partial charge in [-0.05, 0) is 47.9 Å². The maximum atomic E-state index is 13.6. The number of thioether (sulfide) groups is 1. The Balaban J connectivity index is 1.56. The van der Waals surface area contributed by atoms with Gasteiger partial charge in [-0.3, -0.25) is 9.69 Å². The van der Waals surface area contributed by atoms with Crippen LogP contribution in [-0.2, 0) is 11.3 Å². The Labute approximate surface area is 209 Å². The van der Waals surface area contributed by atoms with Gasteiger partial charge in [0.1, 0.15) is 22.9 Å². The Morgan fingerprint density at radius 3 is 2.40 bits per heavy atom. The molecule has 0 radical (unpaired) electrons. The third-order valence-electron chi connectivity index (χ3n) is 5.97. The molecule has 0 saturated carbocycles. The largest absolute Gasteiger partial charge is 0.497 e. The van der Waals surface area contributed by atoms with Gasteiger partial charge in [-0.25, -0.2) is 4.79 Å². The normalized spacial score (nSPS) is 17.1. The molecule has 3 aromatic carbocycles. The highest BCUT2D eigenvalue weighted by atomic mass is 32.2. The summed E-state index contributed by atoms with van der Waals surface area (Å²) in [6, 6.07) is 21.7. The van der Waals surface area contributed by atoms with Crippen molar-refractivity contribution in [3.63, 3.8) is 0 Å². The molecule has 1 aliphatic rings. The van der Waals surface area contributed by atoms with Crippen LogP contribution < -0.4 is 20.1 Å². The van der Waals surface area contributed by atoms with Gasteiger partial charge in [0.25, 0.3) is 0 Å². The van der Waals surface area contributed by atoms with Crippen molar-refractivity contribution in [2.45, 2.75) is 24.9 Å². The van der Waals surface area contributed by atoms with E-state index in [-0.39, 0.29) is 17.3 Å². The van der Waals surface area contributed by atoms with Crippen LogP contribution in [0.3, 0.4) is 0 Å². The molecule has 35 heavy (non-hydrogen) atoms. The number of aryl methyl sites for hydroxylation is 1. The molecule has 7 nitrogen and oxygen atoms in total. The zero-order valence-electron chi connectivity index (χ0n) is 20.0. The number of methoxy groups -OCH3 is 2. The molecule has 2 N–H and O–H groups in total. The van der Waals surface area contributed by atoms with E-state index < -0.39 is 6.04 Å². The van der Waals surface area contributed by atoms with E-state index in [2.05, 4.69) is 10.6 Å². The van der Waals surface area contributed by atoms with Crippen molar-refractivity contribution < 1.29 is 19.1 Å². The van der Waals surface area contributed by atoms with Gasteiger partial charge >= 0.3 is 6.03 Å². The first-order valence-electron chi connectivity index (χ1n) is 11.3. The number of hydrogen-bond acceptors (Lipinski definition) is 5. The second-order valence-electron chi connectivity index (χ2n) is 8.16. The van der Waals surface area contributed by atoms with Crippen LogP contribution in [0.1, 0.15) is 22.1 Å². The minimum atomic E-state index is -0.627. The first-order chi connectivity index (χ1) is 17.0. The maximum absolute atomic E-state index is 13.6. The predicted octanol–water partition coefficient (Wildman–Crippen LogP) is 4.98. The fourth-order valence-electron chi connectivity index (χ4n) is 4.04. The van der Waals surface area contributed by atoms with Crippen LogP contribution in [-0.4, -0.2) is 42.9 Å². The number of para-hydroxylation sites is 2. The molecule has 1 fully saturated rings. The second-order valence-corrected chi connectivity index (χ2v) is 9.27. The molecule has 3 aromatic rings. The number of carbonyl (C=O) groups excluding carboxylic acids is 2. The van der Waals surface area contributed by atoms with Crippen LogP contribution in [0.5, 0.6) is 11.5 Å². The number of anilines is 1.